The Morgan fingerprint density at radius 1 is 1.50 bits per heavy atom. The van der Waals surface area contributed by atoms with E-state index in [-0.39, 0.29) is 18.2 Å². The van der Waals surface area contributed by atoms with Gasteiger partial charge in [-0.2, -0.15) is 0 Å². The average molecular weight is 190 g/mol. The average Bonchev–Trinajstić information content (AvgIpc) is 1.88. The van der Waals surface area contributed by atoms with Crippen molar-refractivity contribution in [2.24, 2.45) is 0 Å². The van der Waals surface area contributed by atoms with Crippen LogP contribution in [0.4, 0.5) is 0 Å². The third-order valence-electron chi connectivity index (χ3n) is 0.543. The Bertz CT molecular complexity index is 16.5. The Labute approximate surface area is 69.0 Å². The first kappa shape index (κ1) is 12.0. The smallest absolute Gasteiger partial charge is 0.307 e. The zero-order valence-corrected chi connectivity index (χ0v) is 8.91. The van der Waals surface area contributed by atoms with E-state index in [1.54, 1.807) is 0 Å². The van der Waals surface area contributed by atoms with Gasteiger partial charge in [-0.25, -0.2) is 0 Å². The van der Waals surface area contributed by atoms with Crippen LogP contribution in [0.3, 0.4) is 0 Å². The lowest BCUT2D eigenvalue weighted by molar-refractivity contribution is 0.956. The first-order valence-electron chi connectivity index (χ1n) is 3.18. The van der Waals surface area contributed by atoms with Crippen LogP contribution in [0.2, 0.25) is 4.55 Å². The van der Waals surface area contributed by atoms with Crippen LogP contribution in [0, 0.1) is 6.92 Å². The largest absolute Gasteiger partial charge is 0.468 e. The van der Waals surface area contributed by atoms with E-state index >= 15 is 0 Å². The van der Waals surface area contributed by atoms with Crippen LogP contribution in [-0.4, -0.2) is 18.2 Å². The van der Waals surface area contributed by atoms with Crippen LogP contribution >= 0.6 is 12.9 Å². The molecule has 0 aromatic heterocycles. The van der Waals surface area contributed by atoms with Crippen molar-refractivity contribution in [1.82, 2.24) is 0 Å². The van der Waals surface area contributed by atoms with Gasteiger partial charge in [-0.1, -0.05) is 33.6 Å². The van der Waals surface area contributed by atoms with Gasteiger partial charge in [-0.05, 0) is 0 Å². The maximum Gasteiger partial charge on any atom is 0.468 e. The highest BCUT2D eigenvalue weighted by Crippen LogP contribution is 1.77. The Kier molecular flexibility index (Phi) is 23.5. The van der Waals surface area contributed by atoms with E-state index in [9.17, 15) is 0 Å². The predicted molar refractivity (Wildman–Crippen MR) is 45.4 cm³/mol. The molecule has 47 valence electrons. The standard InChI is InChI=1S/C4H9.C2H5.BrH.Mg/c1-3-4-2;1-2;;/h1,3-4H2,2H3;1H2,2H3;1H;/q;;;+1/p-1. The Balaban J connectivity index is 0. The maximum absolute atomic E-state index is 3.60. The van der Waals surface area contributed by atoms with Gasteiger partial charge in [-0.15, -0.1) is 4.55 Å². The summed E-state index contributed by atoms with van der Waals surface area (Å²) in [7, 11) is 0. The van der Waals surface area contributed by atoms with E-state index in [0.29, 0.717) is 0 Å². The minimum absolute atomic E-state index is 0.237. The molecule has 0 N–H and O–H groups in total. The summed E-state index contributed by atoms with van der Waals surface area (Å²) in [4.78, 5) is 0. The summed E-state index contributed by atoms with van der Waals surface area (Å²) in [6.45, 7) is 7.92. The lowest BCUT2D eigenvalue weighted by Gasteiger charge is -1.67. The SMILES string of the molecule is C[CH2][Mg][Br].[CH2]CCC. The molecule has 0 heterocycles. The molecule has 0 saturated carbocycles. The van der Waals surface area contributed by atoms with Crippen LogP contribution in [0.5, 0.6) is 0 Å². The van der Waals surface area contributed by atoms with Gasteiger partial charge in [0.25, 0.3) is 0 Å². The molecule has 0 aliphatic heterocycles. The fourth-order valence-corrected chi connectivity index (χ4v) is 0. The molecular weight excluding hydrogens is 176 g/mol. The van der Waals surface area contributed by atoms with Crippen molar-refractivity contribution >= 4 is 31.1 Å². The quantitative estimate of drug-likeness (QED) is 0.587. The Hall–Kier alpha value is 1.25. The summed E-state index contributed by atoms with van der Waals surface area (Å²) in [5, 5.41) is 0. The molecule has 0 aliphatic carbocycles. The topological polar surface area (TPSA) is 0 Å². The first-order valence-corrected chi connectivity index (χ1v) is 8.08. The minimum atomic E-state index is 0.237. The van der Waals surface area contributed by atoms with Gasteiger partial charge in [0, 0.05) is 0 Å². The molecule has 0 aromatic carbocycles. The predicted octanol–water partition coefficient (Wildman–Crippen LogP) is 3.06. The van der Waals surface area contributed by atoms with Crippen molar-refractivity contribution in [2.45, 2.75) is 31.2 Å². The van der Waals surface area contributed by atoms with Gasteiger partial charge < -0.3 is 12.9 Å². The van der Waals surface area contributed by atoms with E-state index in [4.69, 9.17) is 0 Å². The molecule has 0 saturated heterocycles. The first-order chi connectivity index (χ1) is 3.83. The van der Waals surface area contributed by atoms with Gasteiger partial charge in [0.1, 0.15) is 0 Å². The van der Waals surface area contributed by atoms with Crippen LogP contribution in [-0.2, 0) is 0 Å². The molecule has 0 aromatic rings. The van der Waals surface area contributed by atoms with E-state index in [2.05, 4.69) is 33.7 Å². The highest BCUT2D eigenvalue weighted by Gasteiger charge is 1.73. The van der Waals surface area contributed by atoms with Gasteiger partial charge in [0.2, 0.25) is 0 Å². The third kappa shape index (κ3) is 26.8. The summed E-state index contributed by atoms with van der Waals surface area (Å²) in [6.07, 6.45) is 2.28. The fraction of sp³-hybridized carbons (Fsp3) is 0.833. The van der Waals surface area contributed by atoms with E-state index < -0.39 is 0 Å². The molecule has 2 heteroatoms. The summed E-state index contributed by atoms with van der Waals surface area (Å²) < 4.78 is 1.38. The number of rotatable bonds is 2. The molecule has 0 aliphatic rings. The van der Waals surface area contributed by atoms with Crippen molar-refractivity contribution in [2.75, 3.05) is 0 Å². The van der Waals surface area contributed by atoms with Crippen LogP contribution < -0.4 is 0 Å². The highest BCUT2D eigenvalue weighted by atomic mass is 79.9. The monoisotopic (exact) mass is 189 g/mol. The van der Waals surface area contributed by atoms with Gasteiger partial charge in [-0.3, -0.25) is 0 Å². The van der Waals surface area contributed by atoms with E-state index in [0.717, 1.165) is 6.42 Å². The summed E-state index contributed by atoms with van der Waals surface area (Å²) in [6, 6.07) is 0. The van der Waals surface area contributed by atoms with E-state index in [1.165, 1.54) is 11.0 Å². The molecule has 0 bridgehead atoms. The summed E-state index contributed by atoms with van der Waals surface area (Å²) in [5.41, 5.74) is 0. The second kappa shape index (κ2) is 15.7. The second-order valence-electron chi connectivity index (χ2n) is 1.54. The zero-order chi connectivity index (χ0) is 6.83. The van der Waals surface area contributed by atoms with Crippen molar-refractivity contribution in [3.8, 4) is 0 Å². The van der Waals surface area contributed by atoms with Crippen LogP contribution in [0.1, 0.15) is 26.7 Å². The normalized spacial score (nSPS) is 6.50. The minimum Gasteiger partial charge on any atom is -0.307 e. The maximum atomic E-state index is 3.60. The van der Waals surface area contributed by atoms with Crippen molar-refractivity contribution in [3.05, 3.63) is 6.92 Å². The molecule has 0 amide bonds. The van der Waals surface area contributed by atoms with Gasteiger partial charge >= 0.3 is 18.2 Å². The summed E-state index contributed by atoms with van der Waals surface area (Å²) in [5.74, 6) is 0. The fourth-order valence-electron chi connectivity index (χ4n) is 0. The van der Waals surface area contributed by atoms with Crippen molar-refractivity contribution in [1.29, 1.82) is 0 Å². The number of hydrogen-bond donors (Lipinski definition) is 0. The second-order valence-corrected chi connectivity index (χ2v) is 5.30. The lowest BCUT2D eigenvalue weighted by atomic mass is 10.4. The van der Waals surface area contributed by atoms with Crippen LogP contribution in [0.15, 0.2) is 0 Å². The molecule has 8 heavy (non-hydrogen) atoms. The van der Waals surface area contributed by atoms with Gasteiger partial charge in [0.15, 0.2) is 0 Å². The lowest BCUT2D eigenvalue weighted by Crippen LogP contribution is -1.60. The molecule has 0 spiro atoms. The molecule has 1 radical (unpaired) electrons. The molecule has 0 rings (SSSR count). The summed E-state index contributed by atoms with van der Waals surface area (Å²) >= 11 is 3.62. The number of hydrogen-bond acceptors (Lipinski definition) is 0. The van der Waals surface area contributed by atoms with Crippen molar-refractivity contribution < 1.29 is 0 Å². The number of halogens is 1. The molecule has 0 unspecified atom stereocenters. The Morgan fingerprint density at radius 3 is 1.75 bits per heavy atom. The molecule has 0 fully saturated rings. The molecule has 0 nitrogen and oxygen atoms in total. The van der Waals surface area contributed by atoms with Crippen LogP contribution in [0.25, 0.3) is 0 Å². The number of unbranched alkanes of at least 4 members (excludes halogenated alkanes) is 1. The third-order valence-corrected chi connectivity index (χ3v) is 3.30. The molecular formula is C6H14BrMg. The highest BCUT2D eigenvalue weighted by molar-refractivity contribution is 9.23. The van der Waals surface area contributed by atoms with Crippen molar-refractivity contribution in [3.63, 3.8) is 0 Å². The van der Waals surface area contributed by atoms with Gasteiger partial charge in [0.05, 0.1) is 0 Å². The van der Waals surface area contributed by atoms with E-state index in [1.807, 2.05) is 0 Å². The molecule has 0 atom stereocenters. The Morgan fingerprint density at radius 2 is 1.75 bits per heavy atom. The zero-order valence-electron chi connectivity index (χ0n) is 5.91.